The van der Waals surface area contributed by atoms with E-state index in [9.17, 15) is 0 Å². The number of guanidine groups is 1. The molecule has 0 aliphatic heterocycles. The van der Waals surface area contributed by atoms with Gasteiger partial charge in [0.2, 0.25) is 0 Å². The first kappa shape index (κ1) is 15.6. The number of benzene rings is 1. The van der Waals surface area contributed by atoms with Crippen LogP contribution < -0.4 is 10.6 Å². The molecule has 3 rings (SSSR count). The Balaban J connectivity index is 1.55. The number of hydrogen-bond donors (Lipinski definition) is 2. The van der Waals surface area contributed by atoms with Gasteiger partial charge in [-0.2, -0.15) is 0 Å². The van der Waals surface area contributed by atoms with E-state index in [4.69, 9.17) is 4.52 Å². The van der Waals surface area contributed by atoms with E-state index in [0.29, 0.717) is 12.5 Å². The minimum atomic E-state index is 0.559. The molecule has 23 heavy (non-hydrogen) atoms. The Morgan fingerprint density at radius 1 is 1.30 bits per heavy atom. The Morgan fingerprint density at radius 2 is 2.13 bits per heavy atom. The van der Waals surface area contributed by atoms with Gasteiger partial charge in [-0.05, 0) is 37.8 Å². The molecule has 2 aromatic rings. The zero-order valence-corrected chi connectivity index (χ0v) is 14.0. The second kappa shape index (κ2) is 6.86. The summed E-state index contributed by atoms with van der Waals surface area (Å²) in [5.74, 6) is 2.23. The topological polar surface area (TPSA) is 62.5 Å². The van der Waals surface area contributed by atoms with Crippen molar-refractivity contribution >= 4 is 5.96 Å². The van der Waals surface area contributed by atoms with Crippen LogP contribution in [0.2, 0.25) is 0 Å². The van der Waals surface area contributed by atoms with Crippen LogP contribution >= 0.6 is 0 Å². The standard InChI is InChI=1S/C18H24N4O/c1-12-17(13(2)23-22-12)11-21-18(19-3)20-10-15-9-8-14-6-4-5-7-16(14)15/h4-7,15H,8-11H2,1-3H3,(H2,19,20,21). The number of nitrogens with one attached hydrogen (secondary N) is 2. The molecule has 0 amide bonds. The maximum atomic E-state index is 5.19. The average molecular weight is 312 g/mol. The summed E-state index contributed by atoms with van der Waals surface area (Å²) in [4.78, 5) is 4.31. The van der Waals surface area contributed by atoms with Gasteiger partial charge < -0.3 is 15.2 Å². The third-order valence-electron chi connectivity index (χ3n) is 4.61. The van der Waals surface area contributed by atoms with Gasteiger partial charge in [0.15, 0.2) is 5.96 Å². The van der Waals surface area contributed by atoms with Crippen LogP contribution in [0.5, 0.6) is 0 Å². The lowest BCUT2D eigenvalue weighted by molar-refractivity contribution is 0.392. The van der Waals surface area contributed by atoms with Crippen molar-refractivity contribution in [3.8, 4) is 0 Å². The van der Waals surface area contributed by atoms with Crippen molar-refractivity contribution in [3.05, 3.63) is 52.4 Å². The molecule has 1 aromatic heterocycles. The van der Waals surface area contributed by atoms with Gasteiger partial charge in [-0.3, -0.25) is 4.99 Å². The van der Waals surface area contributed by atoms with E-state index in [1.807, 2.05) is 13.8 Å². The molecule has 0 fully saturated rings. The van der Waals surface area contributed by atoms with Crippen molar-refractivity contribution in [1.29, 1.82) is 0 Å². The van der Waals surface area contributed by atoms with Crippen molar-refractivity contribution in [1.82, 2.24) is 15.8 Å². The van der Waals surface area contributed by atoms with Crippen molar-refractivity contribution in [3.63, 3.8) is 0 Å². The first-order valence-corrected chi connectivity index (χ1v) is 8.13. The zero-order valence-electron chi connectivity index (χ0n) is 14.0. The average Bonchev–Trinajstić information content (AvgIpc) is 3.12. The summed E-state index contributed by atoms with van der Waals surface area (Å²) in [7, 11) is 1.80. The predicted molar refractivity (Wildman–Crippen MR) is 91.7 cm³/mol. The molecule has 1 aliphatic rings. The normalized spacial score (nSPS) is 17.2. The van der Waals surface area contributed by atoms with Crippen LogP contribution in [0, 0.1) is 13.8 Å². The Hall–Kier alpha value is -2.30. The third kappa shape index (κ3) is 3.38. The first-order chi connectivity index (χ1) is 11.2. The van der Waals surface area contributed by atoms with Crippen LogP contribution in [-0.4, -0.2) is 24.7 Å². The molecule has 0 saturated heterocycles. The van der Waals surface area contributed by atoms with Crippen molar-refractivity contribution < 1.29 is 4.52 Å². The summed E-state index contributed by atoms with van der Waals surface area (Å²) >= 11 is 0. The van der Waals surface area contributed by atoms with E-state index in [1.165, 1.54) is 24.0 Å². The fourth-order valence-corrected chi connectivity index (χ4v) is 3.22. The van der Waals surface area contributed by atoms with Gasteiger partial charge >= 0.3 is 0 Å². The molecular formula is C18H24N4O. The summed E-state index contributed by atoms with van der Waals surface area (Å²) in [6, 6.07) is 8.73. The lowest BCUT2D eigenvalue weighted by Crippen LogP contribution is -2.38. The smallest absolute Gasteiger partial charge is 0.191 e. The minimum Gasteiger partial charge on any atom is -0.361 e. The van der Waals surface area contributed by atoms with Crippen LogP contribution in [0.1, 0.15) is 40.5 Å². The Bertz CT molecular complexity index is 685. The van der Waals surface area contributed by atoms with Crippen molar-refractivity contribution in [2.24, 2.45) is 4.99 Å². The fourth-order valence-electron chi connectivity index (χ4n) is 3.22. The number of aromatic nitrogens is 1. The molecule has 5 heteroatoms. The Labute approximate surface area is 137 Å². The summed E-state index contributed by atoms with van der Waals surface area (Å²) in [6.45, 7) is 5.46. The lowest BCUT2D eigenvalue weighted by Gasteiger charge is -2.16. The number of hydrogen-bond acceptors (Lipinski definition) is 3. The van der Waals surface area contributed by atoms with Crippen molar-refractivity contribution in [2.75, 3.05) is 13.6 Å². The number of fused-ring (bicyclic) bond motifs is 1. The highest BCUT2D eigenvalue weighted by Gasteiger charge is 2.21. The van der Waals surface area contributed by atoms with Gasteiger partial charge in [0, 0.05) is 31.6 Å². The van der Waals surface area contributed by atoms with Crippen molar-refractivity contribution in [2.45, 2.75) is 39.2 Å². The van der Waals surface area contributed by atoms with E-state index in [2.05, 4.69) is 45.0 Å². The molecular weight excluding hydrogens is 288 g/mol. The molecule has 1 aromatic carbocycles. The second-order valence-corrected chi connectivity index (χ2v) is 6.04. The number of rotatable bonds is 4. The van der Waals surface area contributed by atoms with Crippen LogP contribution in [0.4, 0.5) is 0 Å². The lowest BCUT2D eigenvalue weighted by atomic mass is 10.0. The third-order valence-corrected chi connectivity index (χ3v) is 4.61. The van der Waals surface area contributed by atoms with E-state index >= 15 is 0 Å². The largest absolute Gasteiger partial charge is 0.361 e. The molecule has 1 atom stereocenters. The molecule has 0 bridgehead atoms. The van der Waals surface area contributed by atoms with Crippen LogP contribution in [-0.2, 0) is 13.0 Å². The minimum absolute atomic E-state index is 0.559. The van der Waals surface area contributed by atoms with Crippen LogP contribution in [0.25, 0.3) is 0 Å². The molecule has 5 nitrogen and oxygen atoms in total. The highest BCUT2D eigenvalue weighted by Crippen LogP contribution is 2.32. The maximum Gasteiger partial charge on any atom is 0.191 e. The number of aryl methyl sites for hydroxylation is 3. The molecule has 122 valence electrons. The van der Waals surface area contributed by atoms with E-state index in [1.54, 1.807) is 7.05 Å². The Kier molecular flexibility index (Phi) is 4.65. The van der Waals surface area contributed by atoms with Crippen LogP contribution in [0.15, 0.2) is 33.8 Å². The monoisotopic (exact) mass is 312 g/mol. The molecule has 0 spiro atoms. The predicted octanol–water partition coefficient (Wildman–Crippen LogP) is 2.69. The van der Waals surface area contributed by atoms with Gasteiger partial charge in [0.25, 0.3) is 0 Å². The molecule has 1 heterocycles. The van der Waals surface area contributed by atoms with Gasteiger partial charge in [-0.1, -0.05) is 29.4 Å². The summed E-state index contributed by atoms with van der Waals surface area (Å²) in [5, 5.41) is 10.8. The van der Waals surface area contributed by atoms with E-state index < -0.39 is 0 Å². The molecule has 2 N–H and O–H groups in total. The highest BCUT2D eigenvalue weighted by atomic mass is 16.5. The quantitative estimate of drug-likeness (QED) is 0.673. The highest BCUT2D eigenvalue weighted by molar-refractivity contribution is 5.79. The molecule has 1 unspecified atom stereocenters. The van der Waals surface area contributed by atoms with E-state index in [-0.39, 0.29) is 0 Å². The van der Waals surface area contributed by atoms with Gasteiger partial charge in [-0.25, -0.2) is 0 Å². The first-order valence-electron chi connectivity index (χ1n) is 8.13. The summed E-state index contributed by atoms with van der Waals surface area (Å²) in [6.07, 6.45) is 2.38. The van der Waals surface area contributed by atoms with Gasteiger partial charge in [0.1, 0.15) is 5.76 Å². The maximum absolute atomic E-state index is 5.19. The number of aliphatic imine (C=N–C) groups is 1. The van der Waals surface area contributed by atoms with Gasteiger partial charge in [-0.15, -0.1) is 0 Å². The van der Waals surface area contributed by atoms with E-state index in [0.717, 1.165) is 29.5 Å². The SMILES string of the molecule is CN=C(NCc1c(C)noc1C)NCC1CCc2ccccc21. The van der Waals surface area contributed by atoms with Crippen LogP contribution in [0.3, 0.4) is 0 Å². The summed E-state index contributed by atoms with van der Waals surface area (Å²) < 4.78 is 5.19. The van der Waals surface area contributed by atoms with Gasteiger partial charge in [0.05, 0.1) is 5.69 Å². The fraction of sp³-hybridized carbons (Fsp3) is 0.444. The molecule has 0 saturated carbocycles. The Morgan fingerprint density at radius 3 is 2.87 bits per heavy atom. The zero-order chi connectivity index (χ0) is 16.2. The second-order valence-electron chi connectivity index (χ2n) is 6.04. The summed E-state index contributed by atoms with van der Waals surface area (Å²) in [5.41, 5.74) is 4.98. The molecule has 0 radical (unpaired) electrons. The molecule has 1 aliphatic carbocycles. The number of nitrogens with zero attached hydrogens (tertiary/aromatic N) is 2.